The zero-order chi connectivity index (χ0) is 20.1. The summed E-state index contributed by atoms with van der Waals surface area (Å²) >= 11 is 1.65. The highest BCUT2D eigenvalue weighted by atomic mass is 32.2. The summed E-state index contributed by atoms with van der Waals surface area (Å²) in [5.74, 6) is 0.201. The molecule has 0 atom stereocenters. The van der Waals surface area contributed by atoms with Gasteiger partial charge in [-0.2, -0.15) is 4.31 Å². The van der Waals surface area contributed by atoms with E-state index < -0.39 is 21.3 Å². The van der Waals surface area contributed by atoms with Crippen LogP contribution in [0.3, 0.4) is 0 Å². The van der Waals surface area contributed by atoms with Gasteiger partial charge >= 0.3 is 5.69 Å². The summed E-state index contributed by atoms with van der Waals surface area (Å²) in [6.45, 7) is 0.629. The lowest BCUT2D eigenvalue weighted by atomic mass is 9.99. The van der Waals surface area contributed by atoms with Crippen LogP contribution in [0.4, 0.5) is 0 Å². The molecule has 1 aliphatic rings. The smallest absolute Gasteiger partial charge is 0.302 e. The molecule has 0 spiro atoms. The third kappa shape index (κ3) is 3.11. The van der Waals surface area contributed by atoms with E-state index >= 15 is 0 Å². The third-order valence-electron chi connectivity index (χ3n) is 5.15. The largest absolute Gasteiger partial charge is 0.330 e. The molecule has 0 aliphatic carbocycles. The lowest BCUT2D eigenvalue weighted by Crippen LogP contribution is -2.44. The molecule has 28 heavy (non-hydrogen) atoms. The normalized spacial score (nSPS) is 16.6. The van der Waals surface area contributed by atoms with Crippen LogP contribution in [-0.4, -0.2) is 39.9 Å². The molecule has 3 aromatic rings. The molecule has 0 saturated carbocycles. The summed E-state index contributed by atoms with van der Waals surface area (Å²) in [4.78, 5) is 28.5. The second-order valence-corrected chi connectivity index (χ2v) is 9.92. The summed E-state index contributed by atoms with van der Waals surface area (Å²) in [5, 5.41) is 1.02. The Bertz CT molecular complexity index is 1230. The zero-order valence-electron chi connectivity index (χ0n) is 15.5. The van der Waals surface area contributed by atoms with E-state index in [9.17, 15) is 18.0 Å². The van der Waals surface area contributed by atoms with Crippen molar-refractivity contribution in [1.82, 2.24) is 18.4 Å². The maximum Gasteiger partial charge on any atom is 0.330 e. The summed E-state index contributed by atoms with van der Waals surface area (Å²) < 4.78 is 30.4. The topological polar surface area (TPSA) is 94.3 Å². The standard InChI is InChI=1S/C18H20N4O4S2/c1-20-11-15(17(23)21(2)18(20)24)28(25,26)22-9-7-12(8-10-22)16-19-13-5-3-4-6-14(13)27-16/h3-6,11-12H,7-10H2,1-2H3. The van der Waals surface area contributed by atoms with Gasteiger partial charge in [-0.15, -0.1) is 11.3 Å². The Morgan fingerprint density at radius 2 is 1.79 bits per heavy atom. The molecule has 1 aliphatic heterocycles. The fraction of sp³-hybridized carbons (Fsp3) is 0.389. The summed E-state index contributed by atoms with van der Waals surface area (Å²) in [6.07, 6.45) is 2.40. The quantitative estimate of drug-likeness (QED) is 0.636. The van der Waals surface area contributed by atoms with Gasteiger partial charge < -0.3 is 4.57 Å². The number of hydrogen-bond donors (Lipinski definition) is 0. The minimum absolute atomic E-state index is 0.201. The van der Waals surface area contributed by atoms with E-state index in [4.69, 9.17) is 0 Å². The van der Waals surface area contributed by atoms with E-state index in [0.717, 1.165) is 30.6 Å². The number of aromatic nitrogens is 3. The van der Waals surface area contributed by atoms with Crippen LogP contribution >= 0.6 is 11.3 Å². The number of aryl methyl sites for hydroxylation is 1. The number of piperidine rings is 1. The molecule has 4 rings (SSSR count). The summed E-state index contributed by atoms with van der Waals surface area (Å²) in [5.41, 5.74) is -0.388. The molecule has 0 amide bonds. The number of fused-ring (bicyclic) bond motifs is 1. The van der Waals surface area contributed by atoms with Gasteiger partial charge in [-0.3, -0.25) is 9.36 Å². The Morgan fingerprint density at radius 1 is 1.11 bits per heavy atom. The van der Waals surface area contributed by atoms with Crippen LogP contribution in [0, 0.1) is 0 Å². The van der Waals surface area contributed by atoms with E-state index in [-0.39, 0.29) is 10.8 Å². The first-order chi connectivity index (χ1) is 13.3. The van der Waals surface area contributed by atoms with E-state index in [2.05, 4.69) is 4.98 Å². The molecule has 0 unspecified atom stereocenters. The number of thiazole rings is 1. The molecule has 3 heterocycles. The molecule has 148 valence electrons. The minimum Gasteiger partial charge on any atom is -0.302 e. The van der Waals surface area contributed by atoms with E-state index in [1.807, 2.05) is 24.3 Å². The van der Waals surface area contributed by atoms with Gasteiger partial charge in [-0.1, -0.05) is 12.1 Å². The molecule has 0 N–H and O–H groups in total. The van der Waals surface area contributed by atoms with Crippen LogP contribution < -0.4 is 11.2 Å². The van der Waals surface area contributed by atoms with Crippen molar-refractivity contribution in [2.45, 2.75) is 23.7 Å². The molecule has 1 saturated heterocycles. The van der Waals surface area contributed by atoms with E-state index in [0.29, 0.717) is 25.9 Å². The maximum atomic E-state index is 13.0. The first-order valence-corrected chi connectivity index (χ1v) is 11.2. The molecule has 0 bridgehead atoms. The fourth-order valence-corrected chi connectivity index (χ4v) is 6.25. The number of para-hydroxylation sites is 1. The van der Waals surface area contributed by atoms with E-state index in [1.54, 1.807) is 11.3 Å². The predicted octanol–water partition coefficient (Wildman–Crippen LogP) is 1.26. The second-order valence-electron chi connectivity index (χ2n) is 6.95. The Labute approximate surface area is 165 Å². The molecular weight excluding hydrogens is 400 g/mol. The number of benzene rings is 1. The van der Waals surface area contributed by atoms with Gasteiger partial charge in [0.15, 0.2) is 4.90 Å². The number of hydrogen-bond acceptors (Lipinski definition) is 6. The SMILES string of the molecule is Cn1cc(S(=O)(=O)N2CCC(c3nc4ccccc4s3)CC2)c(=O)n(C)c1=O. The lowest BCUT2D eigenvalue weighted by molar-refractivity contribution is 0.318. The van der Waals surface area contributed by atoms with E-state index in [1.165, 1.54) is 18.4 Å². The summed E-state index contributed by atoms with van der Waals surface area (Å²) in [6, 6.07) is 7.94. The zero-order valence-corrected chi connectivity index (χ0v) is 17.2. The van der Waals surface area contributed by atoms with Crippen LogP contribution in [0.25, 0.3) is 10.2 Å². The van der Waals surface area contributed by atoms with Crippen LogP contribution in [-0.2, 0) is 24.1 Å². The van der Waals surface area contributed by atoms with Crippen molar-refractivity contribution in [3.63, 3.8) is 0 Å². The average Bonchev–Trinajstić information content (AvgIpc) is 3.13. The van der Waals surface area contributed by atoms with Crippen molar-refractivity contribution in [3.8, 4) is 0 Å². The average molecular weight is 421 g/mol. The van der Waals surface area contributed by atoms with Gasteiger partial charge in [0.2, 0.25) is 10.0 Å². The van der Waals surface area contributed by atoms with Crippen LogP contribution in [0.2, 0.25) is 0 Å². The fourth-order valence-electron chi connectivity index (χ4n) is 3.50. The van der Waals surface area contributed by atoms with Crippen molar-refractivity contribution in [3.05, 3.63) is 56.3 Å². The number of rotatable bonds is 3. The van der Waals surface area contributed by atoms with Gasteiger partial charge in [-0.05, 0) is 25.0 Å². The lowest BCUT2D eigenvalue weighted by Gasteiger charge is -2.30. The number of sulfonamides is 1. The Kier molecular flexibility index (Phi) is 4.72. The second kappa shape index (κ2) is 6.94. The molecule has 1 fully saturated rings. The van der Waals surface area contributed by atoms with Crippen LogP contribution in [0.5, 0.6) is 0 Å². The first-order valence-electron chi connectivity index (χ1n) is 8.91. The molecule has 2 aromatic heterocycles. The van der Waals surface area contributed by atoms with Crippen molar-refractivity contribution in [2.75, 3.05) is 13.1 Å². The van der Waals surface area contributed by atoms with Gasteiger partial charge in [0.1, 0.15) is 0 Å². The van der Waals surface area contributed by atoms with Crippen molar-refractivity contribution in [1.29, 1.82) is 0 Å². The highest BCUT2D eigenvalue weighted by Crippen LogP contribution is 2.34. The maximum absolute atomic E-state index is 13.0. The molecule has 0 radical (unpaired) electrons. The van der Waals surface area contributed by atoms with Crippen molar-refractivity contribution in [2.24, 2.45) is 14.1 Å². The highest BCUT2D eigenvalue weighted by molar-refractivity contribution is 7.89. The van der Waals surface area contributed by atoms with Crippen molar-refractivity contribution >= 4 is 31.6 Å². The highest BCUT2D eigenvalue weighted by Gasteiger charge is 2.33. The van der Waals surface area contributed by atoms with Crippen LogP contribution in [0.15, 0.2) is 44.9 Å². The predicted molar refractivity (Wildman–Crippen MR) is 107 cm³/mol. The monoisotopic (exact) mass is 420 g/mol. The van der Waals surface area contributed by atoms with Gasteiger partial charge in [0, 0.05) is 39.3 Å². The molecule has 1 aromatic carbocycles. The third-order valence-corrected chi connectivity index (χ3v) is 8.23. The molecule has 8 nitrogen and oxygen atoms in total. The van der Waals surface area contributed by atoms with Gasteiger partial charge in [0.05, 0.1) is 15.2 Å². The van der Waals surface area contributed by atoms with Crippen LogP contribution in [0.1, 0.15) is 23.8 Å². The Balaban J connectivity index is 1.58. The van der Waals surface area contributed by atoms with Crippen molar-refractivity contribution < 1.29 is 8.42 Å². The van der Waals surface area contributed by atoms with Gasteiger partial charge in [0.25, 0.3) is 5.56 Å². The Morgan fingerprint density at radius 3 is 2.46 bits per heavy atom. The minimum atomic E-state index is -3.96. The Hall–Kier alpha value is -2.30. The number of nitrogens with zero attached hydrogens (tertiary/aromatic N) is 4. The first kappa shape index (κ1) is 19.0. The van der Waals surface area contributed by atoms with Gasteiger partial charge in [-0.25, -0.2) is 18.2 Å². The molecular formula is C18H20N4O4S2. The summed E-state index contributed by atoms with van der Waals surface area (Å²) in [7, 11) is -1.25. The molecule has 10 heteroatoms.